The number of nitrogens with zero attached hydrogens (tertiary/aromatic N) is 2. The van der Waals surface area contributed by atoms with Crippen molar-refractivity contribution in [2.45, 2.75) is 20.4 Å². The van der Waals surface area contributed by atoms with Crippen molar-refractivity contribution < 1.29 is 14.3 Å². The van der Waals surface area contributed by atoms with Crippen LogP contribution >= 0.6 is 0 Å². The minimum Gasteiger partial charge on any atom is -0.287 e. The summed E-state index contributed by atoms with van der Waals surface area (Å²) >= 11 is 0. The predicted octanol–water partition coefficient (Wildman–Crippen LogP) is 4.05. The fourth-order valence-corrected chi connectivity index (χ4v) is 2.95. The smallest absolute Gasteiger partial charge is 0.270 e. The summed E-state index contributed by atoms with van der Waals surface area (Å²) in [5, 5.41) is 10.9. The number of nitro groups is 1. The van der Waals surface area contributed by atoms with Gasteiger partial charge in [-0.25, -0.2) is 0 Å². The van der Waals surface area contributed by atoms with Crippen LogP contribution in [0, 0.1) is 24.0 Å². The molecule has 0 saturated carbocycles. The Bertz CT molecular complexity index is 982. The van der Waals surface area contributed by atoms with E-state index >= 15 is 0 Å². The number of rotatable bonds is 5. The summed E-state index contributed by atoms with van der Waals surface area (Å²) in [5.41, 5.74) is 4.54. The minimum atomic E-state index is -0.492. The number of hydrogen-bond donors (Lipinski definition) is 0. The van der Waals surface area contributed by atoms with Crippen molar-refractivity contribution in [1.29, 1.82) is 0 Å². The normalized spacial score (nSPS) is 10.5. The molecule has 0 aliphatic heterocycles. The topological polar surface area (TPSA) is 64.1 Å². The molecule has 5 nitrogen and oxygen atoms in total. The fourth-order valence-electron chi connectivity index (χ4n) is 2.95. The number of non-ortho nitro benzene ring substituents is 1. The van der Waals surface area contributed by atoms with Gasteiger partial charge in [0.25, 0.3) is 5.69 Å². The van der Waals surface area contributed by atoms with Gasteiger partial charge < -0.3 is 0 Å². The van der Waals surface area contributed by atoms with Crippen molar-refractivity contribution in [3.05, 3.63) is 93.8 Å². The first-order chi connectivity index (χ1) is 12.5. The van der Waals surface area contributed by atoms with Crippen molar-refractivity contribution in [1.82, 2.24) is 0 Å². The molecule has 1 aromatic heterocycles. The number of nitro benzene ring substituents is 1. The number of pyridine rings is 1. The lowest BCUT2D eigenvalue weighted by Gasteiger charge is -2.08. The Hall–Kier alpha value is -3.34. The fraction of sp³-hybridized carbons (Fsp3) is 0.143. The van der Waals surface area contributed by atoms with Gasteiger partial charge in [-0.1, -0.05) is 42.5 Å². The summed E-state index contributed by atoms with van der Waals surface area (Å²) in [6.45, 7) is 4.10. The Morgan fingerprint density at radius 2 is 1.77 bits per heavy atom. The van der Waals surface area contributed by atoms with E-state index in [1.54, 1.807) is 6.07 Å². The molecule has 0 spiro atoms. The molecule has 0 N–H and O–H groups in total. The Morgan fingerprint density at radius 1 is 1.04 bits per heavy atom. The summed E-state index contributed by atoms with van der Waals surface area (Å²) in [4.78, 5) is 23.0. The first kappa shape index (κ1) is 17.5. The number of aromatic nitrogens is 1. The van der Waals surface area contributed by atoms with E-state index in [2.05, 4.69) is 18.2 Å². The zero-order valence-electron chi connectivity index (χ0n) is 14.7. The number of carbonyl (C=O) groups is 1. The lowest BCUT2D eigenvalue weighted by molar-refractivity contribution is -0.689. The molecule has 26 heavy (non-hydrogen) atoms. The lowest BCUT2D eigenvalue weighted by atomic mass is 10.0. The van der Waals surface area contributed by atoms with E-state index in [9.17, 15) is 14.9 Å². The number of carbonyl (C=O) groups excluding carboxylic acids is 1. The van der Waals surface area contributed by atoms with Gasteiger partial charge in [0.05, 0.1) is 4.92 Å². The molecule has 2 aromatic carbocycles. The average Bonchev–Trinajstić information content (AvgIpc) is 2.65. The van der Waals surface area contributed by atoms with Crippen LogP contribution in [0.5, 0.6) is 0 Å². The monoisotopic (exact) mass is 347 g/mol. The molecule has 0 bridgehead atoms. The number of benzene rings is 2. The van der Waals surface area contributed by atoms with Gasteiger partial charge in [0.15, 0.2) is 11.9 Å². The molecular weight excluding hydrogens is 328 g/mol. The van der Waals surface area contributed by atoms with Gasteiger partial charge in [0, 0.05) is 36.2 Å². The average molecular weight is 347 g/mol. The number of hydrogen-bond acceptors (Lipinski definition) is 3. The molecule has 0 atom stereocenters. The maximum atomic E-state index is 12.6. The largest absolute Gasteiger partial charge is 0.287 e. The lowest BCUT2D eigenvalue weighted by Crippen LogP contribution is -2.41. The number of Topliss-reactive ketones (excluding diaryl/α,β-unsaturated/α-hetero) is 1. The van der Waals surface area contributed by atoms with Crippen LogP contribution in [0.15, 0.2) is 66.9 Å². The molecule has 5 heteroatoms. The molecule has 0 fully saturated rings. The Morgan fingerprint density at radius 3 is 2.46 bits per heavy atom. The van der Waals surface area contributed by atoms with Crippen LogP contribution in [0.1, 0.15) is 21.6 Å². The van der Waals surface area contributed by atoms with E-state index < -0.39 is 4.92 Å². The van der Waals surface area contributed by atoms with Crippen molar-refractivity contribution in [3.8, 4) is 11.1 Å². The molecule has 130 valence electrons. The van der Waals surface area contributed by atoms with E-state index in [1.165, 1.54) is 18.2 Å². The van der Waals surface area contributed by atoms with Gasteiger partial charge >= 0.3 is 0 Å². The minimum absolute atomic E-state index is 0.0758. The van der Waals surface area contributed by atoms with Gasteiger partial charge in [0.2, 0.25) is 12.3 Å². The van der Waals surface area contributed by atoms with Crippen molar-refractivity contribution in [3.63, 3.8) is 0 Å². The second kappa shape index (κ2) is 7.27. The standard InChI is InChI=1S/C21H19N2O3/c1-15-13-22(16(2)11-20(15)17-7-4-3-5-8-17)14-21(24)18-9-6-10-19(12-18)23(25)26/h3-13H,14H2,1-2H3/q+1. The van der Waals surface area contributed by atoms with Crippen molar-refractivity contribution >= 4 is 11.5 Å². The molecule has 0 unspecified atom stereocenters. The zero-order valence-corrected chi connectivity index (χ0v) is 14.7. The van der Waals surface area contributed by atoms with Crippen molar-refractivity contribution in [2.24, 2.45) is 0 Å². The van der Waals surface area contributed by atoms with Crippen LogP contribution in [0.4, 0.5) is 5.69 Å². The molecule has 0 aliphatic carbocycles. The van der Waals surface area contributed by atoms with Crippen molar-refractivity contribution in [2.75, 3.05) is 0 Å². The van der Waals surface area contributed by atoms with Gasteiger partial charge in [-0.2, -0.15) is 4.57 Å². The maximum absolute atomic E-state index is 12.6. The van der Waals surface area contributed by atoms with Crippen LogP contribution in [0.3, 0.4) is 0 Å². The summed E-state index contributed by atoms with van der Waals surface area (Å²) in [7, 11) is 0. The summed E-state index contributed by atoms with van der Waals surface area (Å²) in [6.07, 6.45) is 1.95. The SMILES string of the molecule is Cc1c[n+](CC(=O)c2cccc([N+](=O)[O-])c2)c(C)cc1-c1ccccc1. The van der Waals surface area contributed by atoms with Gasteiger partial charge in [-0.15, -0.1) is 0 Å². The molecule has 0 amide bonds. The quantitative estimate of drug-likeness (QED) is 0.303. The second-order valence-electron chi connectivity index (χ2n) is 6.24. The highest BCUT2D eigenvalue weighted by Gasteiger charge is 2.19. The molecule has 3 rings (SSSR count). The van der Waals surface area contributed by atoms with E-state index in [-0.39, 0.29) is 18.0 Å². The van der Waals surface area contributed by atoms with Crippen LogP contribution in [0.25, 0.3) is 11.1 Å². The van der Waals surface area contributed by atoms with Crippen LogP contribution in [-0.4, -0.2) is 10.7 Å². The third kappa shape index (κ3) is 3.67. The van der Waals surface area contributed by atoms with Gasteiger partial charge in [0.1, 0.15) is 0 Å². The first-order valence-electron chi connectivity index (χ1n) is 8.29. The number of ketones is 1. The highest BCUT2D eigenvalue weighted by molar-refractivity contribution is 5.95. The van der Waals surface area contributed by atoms with E-state index in [0.29, 0.717) is 5.56 Å². The van der Waals surface area contributed by atoms with Crippen LogP contribution in [0.2, 0.25) is 0 Å². The molecule has 0 aliphatic rings. The predicted molar refractivity (Wildman–Crippen MR) is 99.0 cm³/mol. The number of aryl methyl sites for hydroxylation is 2. The van der Waals surface area contributed by atoms with Gasteiger partial charge in [-0.3, -0.25) is 14.9 Å². The third-order valence-corrected chi connectivity index (χ3v) is 4.36. The highest BCUT2D eigenvalue weighted by atomic mass is 16.6. The van der Waals surface area contributed by atoms with E-state index in [1.807, 2.05) is 42.8 Å². The molecule has 0 radical (unpaired) electrons. The summed E-state index contributed by atoms with van der Waals surface area (Å²) in [5.74, 6) is -0.159. The van der Waals surface area contributed by atoms with Crippen LogP contribution in [-0.2, 0) is 6.54 Å². The second-order valence-corrected chi connectivity index (χ2v) is 6.24. The molecule has 3 aromatic rings. The maximum Gasteiger partial charge on any atom is 0.270 e. The van der Waals surface area contributed by atoms with Crippen LogP contribution < -0.4 is 4.57 Å². The Labute approximate surface area is 151 Å². The summed E-state index contributed by atoms with van der Waals surface area (Å²) in [6, 6.07) is 18.0. The Balaban J connectivity index is 1.89. The molecule has 1 heterocycles. The summed E-state index contributed by atoms with van der Waals surface area (Å²) < 4.78 is 1.88. The zero-order chi connectivity index (χ0) is 18.7. The molecular formula is C21H19N2O3+. The first-order valence-corrected chi connectivity index (χ1v) is 8.29. The van der Waals surface area contributed by atoms with E-state index in [4.69, 9.17) is 0 Å². The van der Waals surface area contributed by atoms with Gasteiger partial charge in [-0.05, 0) is 18.1 Å². The molecule has 0 saturated heterocycles. The highest BCUT2D eigenvalue weighted by Crippen LogP contribution is 2.22. The third-order valence-electron chi connectivity index (χ3n) is 4.36. The van der Waals surface area contributed by atoms with E-state index in [0.717, 1.165) is 22.4 Å². The Kier molecular flexibility index (Phi) is 4.89.